The summed E-state index contributed by atoms with van der Waals surface area (Å²) in [5.41, 5.74) is 7.68. The quantitative estimate of drug-likeness (QED) is 0.289. The Morgan fingerprint density at radius 3 is 2.69 bits per heavy atom. The molecule has 0 aliphatic rings. The molecule has 5 rings (SSSR count). The van der Waals surface area contributed by atoms with Gasteiger partial charge in [-0.15, -0.1) is 10.2 Å². The number of ether oxygens (including phenoxy) is 1. The SMILES string of the molecule is COc1cccc(-c2nnc(SCc3nc(N)nc(Nc4ccccc4)n3)n2Cc2ccco2)c1. The lowest BCUT2D eigenvalue weighted by molar-refractivity contribution is 0.415. The molecule has 10 nitrogen and oxygen atoms in total. The third kappa shape index (κ3) is 5.41. The van der Waals surface area contributed by atoms with Gasteiger partial charge in [0.05, 0.1) is 25.7 Å². The molecule has 0 fully saturated rings. The maximum atomic E-state index is 5.94. The molecule has 5 aromatic rings. The number of nitrogens with one attached hydrogen (secondary N) is 1. The van der Waals surface area contributed by atoms with Crippen LogP contribution in [0.25, 0.3) is 11.4 Å². The molecule has 2 aromatic carbocycles. The number of thioether (sulfide) groups is 1. The first-order valence-electron chi connectivity index (χ1n) is 10.7. The second-order valence-electron chi connectivity index (χ2n) is 7.42. The van der Waals surface area contributed by atoms with Crippen molar-refractivity contribution in [1.29, 1.82) is 0 Å². The third-order valence-electron chi connectivity index (χ3n) is 5.00. The number of benzene rings is 2. The largest absolute Gasteiger partial charge is 0.497 e. The lowest BCUT2D eigenvalue weighted by Crippen LogP contribution is -2.07. The fourth-order valence-corrected chi connectivity index (χ4v) is 4.20. The van der Waals surface area contributed by atoms with E-state index in [1.807, 2.05) is 71.3 Å². The molecule has 3 N–H and O–H groups in total. The van der Waals surface area contributed by atoms with E-state index < -0.39 is 0 Å². The minimum Gasteiger partial charge on any atom is -0.497 e. The molecule has 0 radical (unpaired) electrons. The van der Waals surface area contributed by atoms with Gasteiger partial charge < -0.3 is 20.2 Å². The first-order chi connectivity index (χ1) is 17.2. The topological polar surface area (TPSA) is 130 Å². The normalized spacial score (nSPS) is 10.9. The third-order valence-corrected chi connectivity index (χ3v) is 5.96. The van der Waals surface area contributed by atoms with E-state index in [-0.39, 0.29) is 5.95 Å². The van der Waals surface area contributed by atoms with Crippen molar-refractivity contribution in [2.24, 2.45) is 0 Å². The van der Waals surface area contributed by atoms with E-state index in [0.717, 1.165) is 22.8 Å². The fraction of sp³-hybridized carbons (Fsp3) is 0.125. The number of hydrogen-bond donors (Lipinski definition) is 2. The van der Waals surface area contributed by atoms with Crippen molar-refractivity contribution in [2.75, 3.05) is 18.2 Å². The van der Waals surface area contributed by atoms with E-state index in [2.05, 4.69) is 30.5 Å². The average molecular weight is 487 g/mol. The number of nitrogen functional groups attached to an aromatic ring is 1. The van der Waals surface area contributed by atoms with Crippen LogP contribution in [0.1, 0.15) is 11.6 Å². The van der Waals surface area contributed by atoms with Crippen LogP contribution in [-0.2, 0) is 12.3 Å². The number of furan rings is 1. The molecule has 3 aromatic heterocycles. The van der Waals surface area contributed by atoms with Gasteiger partial charge in [-0.05, 0) is 36.4 Å². The van der Waals surface area contributed by atoms with E-state index in [9.17, 15) is 0 Å². The number of aromatic nitrogens is 6. The number of methoxy groups -OCH3 is 1. The Morgan fingerprint density at radius 1 is 1.00 bits per heavy atom. The van der Waals surface area contributed by atoms with Crippen molar-refractivity contribution in [3.63, 3.8) is 0 Å². The minimum absolute atomic E-state index is 0.142. The molecule has 35 heavy (non-hydrogen) atoms. The summed E-state index contributed by atoms with van der Waals surface area (Å²) in [7, 11) is 1.63. The zero-order chi connectivity index (χ0) is 24.0. The van der Waals surface area contributed by atoms with Crippen LogP contribution in [0.3, 0.4) is 0 Å². The van der Waals surface area contributed by atoms with Crippen molar-refractivity contribution >= 4 is 29.3 Å². The molecule has 0 saturated heterocycles. The van der Waals surface area contributed by atoms with Crippen molar-refractivity contribution in [1.82, 2.24) is 29.7 Å². The van der Waals surface area contributed by atoms with Gasteiger partial charge >= 0.3 is 0 Å². The summed E-state index contributed by atoms with van der Waals surface area (Å²) in [5.74, 6) is 3.69. The van der Waals surface area contributed by atoms with Gasteiger partial charge in [-0.1, -0.05) is 42.1 Å². The molecule has 11 heteroatoms. The van der Waals surface area contributed by atoms with Crippen molar-refractivity contribution in [3.05, 3.63) is 84.6 Å². The maximum Gasteiger partial charge on any atom is 0.232 e. The smallest absolute Gasteiger partial charge is 0.232 e. The Labute approximate surface area is 205 Å². The predicted octanol–water partition coefficient (Wildman–Crippen LogP) is 4.40. The monoisotopic (exact) mass is 486 g/mol. The van der Waals surface area contributed by atoms with Crippen LogP contribution >= 0.6 is 11.8 Å². The number of nitrogens with zero attached hydrogens (tertiary/aromatic N) is 6. The highest BCUT2D eigenvalue weighted by atomic mass is 32.2. The van der Waals surface area contributed by atoms with Crippen molar-refractivity contribution < 1.29 is 9.15 Å². The van der Waals surface area contributed by atoms with Crippen LogP contribution in [-0.4, -0.2) is 36.8 Å². The molecular formula is C24H22N8O2S. The Morgan fingerprint density at radius 2 is 1.89 bits per heavy atom. The molecule has 0 spiro atoms. The number of nitrogens with two attached hydrogens (primary N) is 1. The zero-order valence-electron chi connectivity index (χ0n) is 18.8. The van der Waals surface area contributed by atoms with E-state index in [1.165, 1.54) is 11.8 Å². The maximum absolute atomic E-state index is 5.94. The van der Waals surface area contributed by atoms with Crippen LogP contribution < -0.4 is 15.8 Å². The highest BCUT2D eigenvalue weighted by molar-refractivity contribution is 7.98. The second-order valence-corrected chi connectivity index (χ2v) is 8.36. The number of rotatable bonds is 9. The molecule has 0 unspecified atom stereocenters. The van der Waals surface area contributed by atoms with Gasteiger partial charge in [0.15, 0.2) is 11.0 Å². The Kier molecular flexibility index (Phi) is 6.57. The van der Waals surface area contributed by atoms with Gasteiger partial charge in [0.2, 0.25) is 11.9 Å². The molecule has 0 atom stereocenters. The molecule has 0 saturated carbocycles. The lowest BCUT2D eigenvalue weighted by atomic mass is 10.2. The van der Waals surface area contributed by atoms with Crippen molar-refractivity contribution in [3.8, 4) is 17.1 Å². The molecule has 0 amide bonds. The van der Waals surface area contributed by atoms with E-state index in [1.54, 1.807) is 13.4 Å². The highest BCUT2D eigenvalue weighted by Gasteiger charge is 2.17. The summed E-state index contributed by atoms with van der Waals surface area (Å²) >= 11 is 1.45. The first-order valence-corrected chi connectivity index (χ1v) is 11.7. The summed E-state index contributed by atoms with van der Waals surface area (Å²) in [4.78, 5) is 13.0. The fourth-order valence-electron chi connectivity index (χ4n) is 3.41. The van der Waals surface area contributed by atoms with Crippen LogP contribution in [0.15, 0.2) is 82.6 Å². The summed E-state index contributed by atoms with van der Waals surface area (Å²) in [5, 5.41) is 12.7. The Hall–Kier alpha value is -4.38. The van der Waals surface area contributed by atoms with E-state index >= 15 is 0 Å². The van der Waals surface area contributed by atoms with Gasteiger partial charge in [0.1, 0.15) is 17.3 Å². The second kappa shape index (κ2) is 10.3. The van der Waals surface area contributed by atoms with Gasteiger partial charge in [-0.2, -0.15) is 15.0 Å². The average Bonchev–Trinajstić information content (AvgIpc) is 3.53. The summed E-state index contributed by atoms with van der Waals surface area (Å²) < 4.78 is 13.0. The molecule has 0 aliphatic heterocycles. The van der Waals surface area contributed by atoms with Crippen LogP contribution in [0.2, 0.25) is 0 Å². The van der Waals surface area contributed by atoms with E-state index in [4.69, 9.17) is 14.9 Å². The molecule has 176 valence electrons. The van der Waals surface area contributed by atoms with E-state index in [0.29, 0.717) is 35.1 Å². The van der Waals surface area contributed by atoms with Crippen molar-refractivity contribution in [2.45, 2.75) is 17.5 Å². The standard InChI is InChI=1S/C24H22N8O2S/c1-33-18-10-5-7-16(13-18)21-30-31-24(32(21)14-19-11-6-12-34-19)35-15-20-27-22(25)29-23(28-20)26-17-8-3-2-4-9-17/h2-13H,14-15H2,1H3,(H3,25,26,27,28,29). The van der Waals surface area contributed by atoms with Gasteiger partial charge in [-0.25, -0.2) is 0 Å². The highest BCUT2D eigenvalue weighted by Crippen LogP contribution is 2.29. The van der Waals surface area contributed by atoms with Gasteiger partial charge in [0.25, 0.3) is 0 Å². The van der Waals surface area contributed by atoms with Gasteiger partial charge in [-0.3, -0.25) is 4.57 Å². The van der Waals surface area contributed by atoms with Crippen LogP contribution in [0, 0.1) is 0 Å². The minimum atomic E-state index is 0.142. The first kappa shape index (κ1) is 22.4. The number of anilines is 3. The predicted molar refractivity (Wildman–Crippen MR) is 133 cm³/mol. The zero-order valence-corrected chi connectivity index (χ0v) is 19.6. The Balaban J connectivity index is 1.40. The summed E-state index contributed by atoms with van der Waals surface area (Å²) in [6.45, 7) is 0.467. The Bertz CT molecular complexity index is 1410. The molecular weight excluding hydrogens is 464 g/mol. The molecule has 0 bridgehead atoms. The van der Waals surface area contributed by atoms with Crippen LogP contribution in [0.4, 0.5) is 17.6 Å². The van der Waals surface area contributed by atoms with Crippen LogP contribution in [0.5, 0.6) is 5.75 Å². The van der Waals surface area contributed by atoms with Gasteiger partial charge in [0, 0.05) is 11.3 Å². The number of hydrogen-bond acceptors (Lipinski definition) is 10. The lowest BCUT2D eigenvalue weighted by Gasteiger charge is -2.10. The number of para-hydroxylation sites is 1. The molecule has 0 aliphatic carbocycles. The molecule has 3 heterocycles. The summed E-state index contributed by atoms with van der Waals surface area (Å²) in [6.07, 6.45) is 1.65. The summed E-state index contributed by atoms with van der Waals surface area (Å²) in [6, 6.07) is 21.1.